The van der Waals surface area contributed by atoms with E-state index in [0.29, 0.717) is 0 Å². The Bertz CT molecular complexity index is 3830. The first-order chi connectivity index (χ1) is 30.4. The van der Waals surface area contributed by atoms with E-state index in [2.05, 4.69) is 222 Å². The standard InChI is InChI=1S/C58H44N4/c1-35-27-29-41(31-37(35)3)59(39-15-7-5-8-16-39)49-23-13-25-51-55(49)45-21-11-19-43-47-34-54-48(33-53(47)61(51)57(43)45)44-20-12-22-46-56-50(24-14-26-52(56)62(54)58(44)46)60(40-17-9-6-10-18-40)42-30-28-36(2)38(4)32-42/h5-29,31-34,42H,30H2,1-4H3. The predicted octanol–water partition coefficient (Wildman–Crippen LogP) is 15.9. The molecule has 62 heavy (non-hydrogen) atoms. The molecule has 0 fully saturated rings. The lowest BCUT2D eigenvalue weighted by Gasteiger charge is -2.34. The number of para-hydroxylation sites is 4. The fourth-order valence-electron chi connectivity index (χ4n) is 11.0. The highest BCUT2D eigenvalue weighted by molar-refractivity contribution is 6.31. The van der Waals surface area contributed by atoms with E-state index in [0.717, 1.165) is 17.8 Å². The molecule has 4 heterocycles. The van der Waals surface area contributed by atoms with Gasteiger partial charge in [-0.2, -0.15) is 0 Å². The van der Waals surface area contributed by atoms with E-state index in [9.17, 15) is 0 Å². The number of anilines is 5. The number of hydrogen-bond acceptors (Lipinski definition) is 2. The molecule has 296 valence electrons. The summed E-state index contributed by atoms with van der Waals surface area (Å²) in [6, 6.07) is 61.3. The molecular formula is C58H44N4. The second-order valence-electron chi connectivity index (χ2n) is 17.5. The van der Waals surface area contributed by atoms with Gasteiger partial charge < -0.3 is 18.6 Å². The minimum Gasteiger partial charge on any atom is -0.334 e. The maximum atomic E-state index is 2.57. The van der Waals surface area contributed by atoms with Crippen LogP contribution >= 0.6 is 0 Å². The number of benzene rings is 8. The van der Waals surface area contributed by atoms with E-state index in [1.54, 1.807) is 0 Å². The van der Waals surface area contributed by atoms with Crippen molar-refractivity contribution in [1.82, 2.24) is 8.80 Å². The zero-order chi connectivity index (χ0) is 41.4. The largest absolute Gasteiger partial charge is 0.334 e. The van der Waals surface area contributed by atoms with Crippen LogP contribution < -0.4 is 9.80 Å². The van der Waals surface area contributed by atoms with Gasteiger partial charge in [-0.15, -0.1) is 0 Å². The van der Waals surface area contributed by atoms with Gasteiger partial charge in [0.1, 0.15) is 0 Å². The lowest BCUT2D eigenvalue weighted by atomic mass is 9.94. The van der Waals surface area contributed by atoms with Gasteiger partial charge in [0.25, 0.3) is 0 Å². The molecule has 0 spiro atoms. The summed E-state index contributed by atoms with van der Waals surface area (Å²) in [5.74, 6) is 0. The molecule has 1 aliphatic rings. The van der Waals surface area contributed by atoms with Gasteiger partial charge in [0.15, 0.2) is 0 Å². The van der Waals surface area contributed by atoms with E-state index in [-0.39, 0.29) is 6.04 Å². The van der Waals surface area contributed by atoms with Crippen molar-refractivity contribution < 1.29 is 0 Å². The molecule has 0 saturated carbocycles. The molecule has 0 N–H and O–H groups in total. The monoisotopic (exact) mass is 796 g/mol. The van der Waals surface area contributed by atoms with E-state index in [4.69, 9.17) is 0 Å². The van der Waals surface area contributed by atoms with Crippen molar-refractivity contribution in [2.75, 3.05) is 9.80 Å². The third-order valence-corrected chi connectivity index (χ3v) is 14.1. The van der Waals surface area contributed by atoms with Crippen LogP contribution in [0.2, 0.25) is 0 Å². The van der Waals surface area contributed by atoms with Crippen molar-refractivity contribution >= 4 is 105 Å². The Morgan fingerprint density at radius 3 is 1.56 bits per heavy atom. The van der Waals surface area contributed by atoms with Gasteiger partial charge in [-0.3, -0.25) is 0 Å². The zero-order valence-corrected chi connectivity index (χ0v) is 35.3. The number of hydrogen-bond donors (Lipinski definition) is 0. The highest BCUT2D eigenvalue weighted by Gasteiger charge is 2.28. The summed E-state index contributed by atoms with van der Waals surface area (Å²) in [7, 11) is 0. The second-order valence-corrected chi connectivity index (χ2v) is 17.5. The lowest BCUT2D eigenvalue weighted by Crippen LogP contribution is -2.30. The van der Waals surface area contributed by atoms with E-state index >= 15 is 0 Å². The SMILES string of the molecule is CC1=CCC(N(c2ccccc2)c2cccc3c2c2cccc4c5cc6c(cc5n3c42)c2cccc3c4c(N(c5ccccc5)c5ccc(C)c(C)c5)cccc4n6c23)C=C1C. The second kappa shape index (κ2) is 13.0. The van der Waals surface area contributed by atoms with Gasteiger partial charge in [-0.25, -0.2) is 0 Å². The maximum absolute atomic E-state index is 2.57. The number of nitrogens with zero attached hydrogens (tertiary/aromatic N) is 4. The molecule has 0 bridgehead atoms. The van der Waals surface area contributed by atoms with Crippen LogP contribution in [0, 0.1) is 13.8 Å². The number of aromatic nitrogens is 2. The van der Waals surface area contributed by atoms with Crippen LogP contribution in [0.25, 0.3) is 76.2 Å². The summed E-state index contributed by atoms with van der Waals surface area (Å²) in [4.78, 5) is 5.01. The van der Waals surface area contributed by atoms with Crippen molar-refractivity contribution in [3.63, 3.8) is 0 Å². The highest BCUT2D eigenvalue weighted by atomic mass is 15.2. The molecule has 13 rings (SSSR count). The molecule has 1 aliphatic carbocycles. The first-order valence-electron chi connectivity index (χ1n) is 21.9. The number of rotatable bonds is 6. The van der Waals surface area contributed by atoms with Gasteiger partial charge in [-0.05, 0) is 118 Å². The quantitative estimate of drug-likeness (QED) is 0.167. The number of aryl methyl sites for hydroxylation is 2. The molecule has 1 unspecified atom stereocenters. The van der Waals surface area contributed by atoms with Crippen molar-refractivity contribution in [2.24, 2.45) is 0 Å². The summed E-state index contributed by atoms with van der Waals surface area (Å²) in [5, 5.41) is 10.3. The Morgan fingerprint density at radius 1 is 0.419 bits per heavy atom. The summed E-state index contributed by atoms with van der Waals surface area (Å²) >= 11 is 0. The van der Waals surface area contributed by atoms with Crippen molar-refractivity contribution in [1.29, 1.82) is 0 Å². The third kappa shape index (κ3) is 4.78. The summed E-state index contributed by atoms with van der Waals surface area (Å²) in [6.07, 6.45) is 5.83. The molecule has 4 heteroatoms. The predicted molar refractivity (Wildman–Crippen MR) is 264 cm³/mol. The first kappa shape index (κ1) is 35.2. The van der Waals surface area contributed by atoms with Crippen LogP contribution in [0.1, 0.15) is 31.4 Å². The Morgan fingerprint density at radius 2 is 0.968 bits per heavy atom. The van der Waals surface area contributed by atoms with Gasteiger partial charge in [-0.1, -0.05) is 114 Å². The zero-order valence-electron chi connectivity index (χ0n) is 35.3. The minimum absolute atomic E-state index is 0.207. The average Bonchev–Trinajstić information content (AvgIpc) is 4.03. The molecule has 0 amide bonds. The van der Waals surface area contributed by atoms with Crippen LogP contribution in [0.4, 0.5) is 28.4 Å². The van der Waals surface area contributed by atoms with Crippen LogP contribution in [0.15, 0.2) is 187 Å². The molecule has 0 radical (unpaired) electrons. The Balaban J connectivity index is 1.08. The third-order valence-electron chi connectivity index (χ3n) is 14.1. The molecule has 12 aromatic rings. The number of fused-ring (bicyclic) bond motifs is 12. The summed E-state index contributed by atoms with van der Waals surface area (Å²) in [5.41, 5.74) is 18.8. The van der Waals surface area contributed by atoms with Crippen LogP contribution in [-0.4, -0.2) is 14.8 Å². The van der Waals surface area contributed by atoms with E-state index in [1.165, 1.54) is 116 Å². The Hall–Kier alpha value is -7.56. The van der Waals surface area contributed by atoms with E-state index in [1.807, 2.05) is 0 Å². The highest BCUT2D eigenvalue weighted by Crippen LogP contribution is 2.49. The first-order valence-corrected chi connectivity index (χ1v) is 21.9. The molecule has 4 nitrogen and oxygen atoms in total. The Kier molecular flexibility index (Phi) is 7.37. The maximum Gasteiger partial charge on any atom is 0.0621 e. The minimum atomic E-state index is 0.207. The fourth-order valence-corrected chi connectivity index (χ4v) is 11.0. The average molecular weight is 797 g/mol. The van der Waals surface area contributed by atoms with Gasteiger partial charge in [0.05, 0.1) is 50.5 Å². The van der Waals surface area contributed by atoms with Crippen LogP contribution in [0.5, 0.6) is 0 Å². The van der Waals surface area contributed by atoms with Crippen molar-refractivity contribution in [2.45, 2.75) is 40.2 Å². The topological polar surface area (TPSA) is 15.3 Å². The summed E-state index contributed by atoms with van der Waals surface area (Å²) in [6.45, 7) is 8.88. The smallest absolute Gasteiger partial charge is 0.0621 e. The van der Waals surface area contributed by atoms with Crippen molar-refractivity contribution in [3.8, 4) is 0 Å². The van der Waals surface area contributed by atoms with Gasteiger partial charge in [0.2, 0.25) is 0 Å². The molecule has 4 aromatic heterocycles. The summed E-state index contributed by atoms with van der Waals surface area (Å²) < 4.78 is 5.10. The van der Waals surface area contributed by atoms with Crippen LogP contribution in [0.3, 0.4) is 0 Å². The molecular weight excluding hydrogens is 753 g/mol. The fraction of sp³-hybridized carbons (Fsp3) is 0.103. The van der Waals surface area contributed by atoms with Crippen LogP contribution in [-0.2, 0) is 0 Å². The van der Waals surface area contributed by atoms with E-state index < -0.39 is 0 Å². The normalized spacial score (nSPS) is 14.7. The van der Waals surface area contributed by atoms with Crippen molar-refractivity contribution in [3.05, 3.63) is 198 Å². The molecule has 8 aromatic carbocycles. The molecule has 0 saturated heterocycles. The Labute approximate surface area is 360 Å². The van der Waals surface area contributed by atoms with Gasteiger partial charge >= 0.3 is 0 Å². The van der Waals surface area contributed by atoms with Gasteiger partial charge in [0, 0.05) is 60.2 Å². The number of allylic oxidation sites excluding steroid dienone is 2. The lowest BCUT2D eigenvalue weighted by molar-refractivity contribution is 0.773. The molecule has 1 atom stereocenters. The molecule has 0 aliphatic heterocycles.